The molecule has 0 spiro atoms. The molecular weight excluding hydrogens is 212 g/mol. The highest BCUT2D eigenvalue weighted by molar-refractivity contribution is 7.89. The summed E-state index contributed by atoms with van der Waals surface area (Å²) in [6.45, 7) is 9.83. The highest BCUT2D eigenvalue weighted by Gasteiger charge is 2.27. The van der Waals surface area contributed by atoms with Crippen molar-refractivity contribution in [3.05, 3.63) is 0 Å². The Kier molecular flexibility index (Phi) is 4.55. The van der Waals surface area contributed by atoms with E-state index in [1.807, 2.05) is 0 Å². The van der Waals surface area contributed by atoms with Crippen molar-refractivity contribution in [2.24, 2.45) is 0 Å². The molecule has 0 unspecified atom stereocenters. The first-order valence-corrected chi connectivity index (χ1v) is 7.20. The number of likely N-dealkylation sites (N-methyl/N-ethyl adjacent to an activating group) is 1. The maximum absolute atomic E-state index is 11.9. The first kappa shape index (κ1) is 12.9. The fourth-order valence-electron chi connectivity index (χ4n) is 1.82. The molecule has 1 aliphatic rings. The van der Waals surface area contributed by atoms with Crippen molar-refractivity contribution in [1.29, 1.82) is 0 Å². The standard InChI is InChI=1S/C10H22N2O2S/c1-4-11-6-5-7-12(9-8-11)15(13,14)10(2)3/h10H,4-9H2,1-3H3. The smallest absolute Gasteiger partial charge is 0.216 e. The largest absolute Gasteiger partial charge is 0.302 e. The minimum absolute atomic E-state index is 0.300. The highest BCUT2D eigenvalue weighted by atomic mass is 32.2. The maximum atomic E-state index is 11.9. The molecule has 1 saturated heterocycles. The predicted molar refractivity (Wildman–Crippen MR) is 62.4 cm³/mol. The van der Waals surface area contributed by atoms with Gasteiger partial charge in [0.15, 0.2) is 0 Å². The van der Waals surface area contributed by atoms with Gasteiger partial charge in [0.1, 0.15) is 0 Å². The lowest BCUT2D eigenvalue weighted by atomic mass is 10.4. The molecule has 0 radical (unpaired) electrons. The highest BCUT2D eigenvalue weighted by Crippen LogP contribution is 2.12. The molecule has 0 bridgehead atoms. The van der Waals surface area contributed by atoms with Gasteiger partial charge in [0.2, 0.25) is 10.0 Å². The molecule has 0 aromatic rings. The molecule has 1 rings (SSSR count). The summed E-state index contributed by atoms with van der Waals surface area (Å²) in [6.07, 6.45) is 0.944. The molecule has 0 amide bonds. The molecule has 0 atom stereocenters. The fourth-order valence-corrected chi connectivity index (χ4v) is 3.13. The number of rotatable bonds is 3. The second kappa shape index (κ2) is 5.27. The third-order valence-corrected chi connectivity index (χ3v) is 5.23. The summed E-state index contributed by atoms with van der Waals surface area (Å²) in [5.41, 5.74) is 0. The summed E-state index contributed by atoms with van der Waals surface area (Å²) in [6, 6.07) is 0. The molecule has 15 heavy (non-hydrogen) atoms. The monoisotopic (exact) mass is 234 g/mol. The zero-order chi connectivity index (χ0) is 11.5. The van der Waals surface area contributed by atoms with Crippen molar-refractivity contribution in [1.82, 2.24) is 9.21 Å². The number of hydrogen-bond donors (Lipinski definition) is 0. The van der Waals surface area contributed by atoms with Crippen molar-refractivity contribution in [3.63, 3.8) is 0 Å². The lowest BCUT2D eigenvalue weighted by molar-refractivity contribution is 0.301. The van der Waals surface area contributed by atoms with E-state index in [1.54, 1.807) is 18.2 Å². The molecule has 0 aliphatic carbocycles. The van der Waals surface area contributed by atoms with Gasteiger partial charge in [-0.25, -0.2) is 12.7 Å². The van der Waals surface area contributed by atoms with Crippen LogP contribution in [0.3, 0.4) is 0 Å². The normalized spacial score (nSPS) is 21.9. The third-order valence-electron chi connectivity index (χ3n) is 2.95. The van der Waals surface area contributed by atoms with Gasteiger partial charge in [0.25, 0.3) is 0 Å². The van der Waals surface area contributed by atoms with Crippen molar-refractivity contribution in [2.45, 2.75) is 32.4 Å². The summed E-state index contributed by atoms with van der Waals surface area (Å²) in [4.78, 5) is 2.30. The first-order valence-electron chi connectivity index (χ1n) is 5.69. The predicted octanol–water partition coefficient (Wildman–Crippen LogP) is 0.752. The summed E-state index contributed by atoms with van der Waals surface area (Å²) >= 11 is 0. The van der Waals surface area contributed by atoms with Gasteiger partial charge in [0, 0.05) is 19.6 Å². The van der Waals surface area contributed by atoms with Gasteiger partial charge in [-0.2, -0.15) is 0 Å². The van der Waals surface area contributed by atoms with Gasteiger partial charge in [-0.1, -0.05) is 6.92 Å². The van der Waals surface area contributed by atoms with Gasteiger partial charge in [0.05, 0.1) is 5.25 Å². The molecule has 90 valence electrons. The summed E-state index contributed by atoms with van der Waals surface area (Å²) in [5, 5.41) is -0.300. The summed E-state index contributed by atoms with van der Waals surface area (Å²) < 4.78 is 25.5. The van der Waals surface area contributed by atoms with Gasteiger partial charge in [-0.3, -0.25) is 0 Å². The first-order chi connectivity index (χ1) is 6.98. The van der Waals surface area contributed by atoms with E-state index in [0.29, 0.717) is 13.1 Å². The minimum atomic E-state index is -3.05. The van der Waals surface area contributed by atoms with Gasteiger partial charge >= 0.3 is 0 Å². The molecule has 1 fully saturated rings. The van der Waals surface area contributed by atoms with E-state index in [1.165, 1.54) is 0 Å². The molecule has 1 heterocycles. The minimum Gasteiger partial charge on any atom is -0.302 e. The quantitative estimate of drug-likeness (QED) is 0.723. The summed E-state index contributed by atoms with van der Waals surface area (Å²) in [7, 11) is -3.05. The molecule has 4 nitrogen and oxygen atoms in total. The average molecular weight is 234 g/mol. The van der Waals surface area contributed by atoms with E-state index in [0.717, 1.165) is 26.1 Å². The van der Waals surface area contributed by atoms with Crippen LogP contribution in [0.5, 0.6) is 0 Å². The van der Waals surface area contributed by atoms with E-state index in [4.69, 9.17) is 0 Å². The van der Waals surface area contributed by atoms with Crippen molar-refractivity contribution >= 4 is 10.0 Å². The Morgan fingerprint density at radius 1 is 1.13 bits per heavy atom. The Morgan fingerprint density at radius 2 is 1.80 bits per heavy atom. The van der Waals surface area contributed by atoms with Gasteiger partial charge in [-0.15, -0.1) is 0 Å². The Balaban J connectivity index is 2.66. The van der Waals surface area contributed by atoms with Crippen LogP contribution in [0.4, 0.5) is 0 Å². The number of hydrogen-bond acceptors (Lipinski definition) is 3. The molecular formula is C10H22N2O2S. The second-order valence-electron chi connectivity index (χ2n) is 4.28. The average Bonchev–Trinajstić information content (AvgIpc) is 2.42. The topological polar surface area (TPSA) is 40.6 Å². The van der Waals surface area contributed by atoms with E-state index < -0.39 is 10.0 Å². The second-order valence-corrected chi connectivity index (χ2v) is 6.77. The van der Waals surface area contributed by atoms with Crippen LogP contribution in [-0.2, 0) is 10.0 Å². The van der Waals surface area contributed by atoms with E-state index in [9.17, 15) is 8.42 Å². The lowest BCUT2D eigenvalue weighted by Gasteiger charge is -2.22. The molecule has 1 aliphatic heterocycles. The van der Waals surface area contributed by atoms with E-state index in [2.05, 4.69) is 11.8 Å². The Hall–Kier alpha value is -0.130. The van der Waals surface area contributed by atoms with Crippen LogP contribution in [-0.4, -0.2) is 55.6 Å². The van der Waals surface area contributed by atoms with E-state index >= 15 is 0 Å². The molecule has 0 aromatic carbocycles. The SMILES string of the molecule is CCN1CCCN(S(=O)(=O)C(C)C)CC1. The van der Waals surface area contributed by atoms with Gasteiger partial charge < -0.3 is 4.90 Å². The maximum Gasteiger partial charge on any atom is 0.216 e. The van der Waals surface area contributed by atoms with Crippen molar-refractivity contribution in [3.8, 4) is 0 Å². The Bertz CT molecular complexity index is 288. The van der Waals surface area contributed by atoms with Gasteiger partial charge in [-0.05, 0) is 33.4 Å². The van der Waals surface area contributed by atoms with Crippen LogP contribution in [0.2, 0.25) is 0 Å². The molecule has 5 heteroatoms. The zero-order valence-electron chi connectivity index (χ0n) is 9.94. The number of sulfonamides is 1. The van der Waals surface area contributed by atoms with E-state index in [-0.39, 0.29) is 5.25 Å². The molecule has 0 N–H and O–H groups in total. The Morgan fingerprint density at radius 3 is 2.33 bits per heavy atom. The lowest BCUT2D eigenvalue weighted by Crippen LogP contribution is -2.39. The Labute approximate surface area is 93.3 Å². The molecule has 0 saturated carbocycles. The van der Waals surface area contributed by atoms with Crippen LogP contribution in [0.25, 0.3) is 0 Å². The fraction of sp³-hybridized carbons (Fsp3) is 1.00. The third kappa shape index (κ3) is 3.16. The van der Waals surface area contributed by atoms with Crippen LogP contribution in [0.15, 0.2) is 0 Å². The molecule has 0 aromatic heterocycles. The van der Waals surface area contributed by atoms with Crippen LogP contribution in [0.1, 0.15) is 27.2 Å². The number of nitrogens with zero attached hydrogens (tertiary/aromatic N) is 2. The van der Waals surface area contributed by atoms with Crippen molar-refractivity contribution in [2.75, 3.05) is 32.7 Å². The summed E-state index contributed by atoms with van der Waals surface area (Å²) in [5.74, 6) is 0. The zero-order valence-corrected chi connectivity index (χ0v) is 10.8. The van der Waals surface area contributed by atoms with Crippen LogP contribution < -0.4 is 0 Å². The van der Waals surface area contributed by atoms with Crippen LogP contribution >= 0.6 is 0 Å². The van der Waals surface area contributed by atoms with Crippen molar-refractivity contribution < 1.29 is 8.42 Å². The van der Waals surface area contributed by atoms with Crippen LogP contribution in [0, 0.1) is 0 Å².